The number of aliphatic hydroxyl groups is 4. The zero-order chi connectivity index (χ0) is 55.9. The third kappa shape index (κ3) is 32.0. The minimum Gasteiger partial charge on any atom is -0.462 e. The minimum absolute atomic E-state index is 0.0135. The lowest BCUT2D eigenvalue weighted by Crippen LogP contribution is -2.36. The van der Waals surface area contributed by atoms with Crippen LogP contribution in [0.25, 0.3) is 0 Å². The van der Waals surface area contributed by atoms with E-state index in [1.54, 1.807) is 12.2 Å². The molecule has 1 aromatic rings. The van der Waals surface area contributed by atoms with Gasteiger partial charge in [0, 0.05) is 19.0 Å². The molecule has 0 aromatic carbocycles. The fourth-order valence-electron chi connectivity index (χ4n) is 6.72. The number of hydrogen-bond acceptors (Lipinski definition) is 17. The van der Waals surface area contributed by atoms with Gasteiger partial charge >= 0.3 is 33.3 Å². The fourth-order valence-corrected chi connectivity index (χ4v) is 8.83. The number of anilines is 1. The molecule has 1 fully saturated rings. The number of aliphatic hydroxyl groups excluding tert-OH is 4. The standard InChI is InChI=1S/C54H81N3O17P2/c1-3-5-7-9-11-13-15-17-18-19-20-21-22-23-25-27-29-31-33-37-49(60)69-41-44(72-50(61)38-34-36-46(59)45(58)35-32-30-28-26-24-16-14-12-10-8-6-4-2)42-70-75(65,66)74-76(67,68)71-43-47-51(62)52(63)53(73-47)57-40-39-48(55)56-54(57)64/h5-8,11-14,17-18,20-21,23-26,29-32,39-40,44-47,51-53,58-59,62-63H,3-4,9-10,15-16,19,22,27-28,33-38,41-43H2,1-2H3,(H,65,66)(H,67,68)(H2,55,56,64)/b7-5-,8-6-,13-11-,14-12-,18-17-,21-20-,25-23-,26-24-,31-29-,32-30-/t44-,45-,46-,47-,51-,52-,53-/m1/s1. The second-order valence-corrected chi connectivity index (χ2v) is 20.3. The van der Waals surface area contributed by atoms with Crippen LogP contribution in [0.15, 0.2) is 139 Å². The Hall–Kier alpha value is -4.92. The Labute approximate surface area is 447 Å². The van der Waals surface area contributed by atoms with E-state index >= 15 is 0 Å². The lowest BCUT2D eigenvalue weighted by atomic mass is 10.0. The van der Waals surface area contributed by atoms with E-state index in [1.165, 1.54) is 6.07 Å². The highest BCUT2D eigenvalue weighted by Crippen LogP contribution is 2.60. The van der Waals surface area contributed by atoms with Gasteiger partial charge in [-0.25, -0.2) is 13.9 Å². The van der Waals surface area contributed by atoms with Crippen LogP contribution in [0.3, 0.4) is 0 Å². The summed E-state index contributed by atoms with van der Waals surface area (Å²) in [6.07, 6.45) is 40.2. The number of carbonyl (C=O) groups is 2. The molecule has 0 spiro atoms. The Bertz CT molecular complexity index is 2290. The van der Waals surface area contributed by atoms with Gasteiger partial charge in [0.2, 0.25) is 0 Å². The number of ether oxygens (including phenoxy) is 3. The highest BCUT2D eigenvalue weighted by Gasteiger charge is 2.46. The summed E-state index contributed by atoms with van der Waals surface area (Å²) in [4.78, 5) is 62.0. The maximum absolute atomic E-state index is 12.9. The molecule has 0 bridgehead atoms. The molecule has 0 amide bonds. The van der Waals surface area contributed by atoms with Crippen molar-refractivity contribution in [1.29, 1.82) is 0 Å². The first-order valence-electron chi connectivity index (χ1n) is 25.7. The Morgan fingerprint density at radius 2 is 1.17 bits per heavy atom. The molecule has 424 valence electrons. The van der Waals surface area contributed by atoms with Crippen LogP contribution in [-0.4, -0.2) is 108 Å². The van der Waals surface area contributed by atoms with Crippen molar-refractivity contribution in [3.63, 3.8) is 0 Å². The van der Waals surface area contributed by atoms with E-state index in [1.807, 2.05) is 36.5 Å². The number of nitrogen functional groups attached to an aromatic ring is 1. The van der Waals surface area contributed by atoms with Crippen molar-refractivity contribution in [2.45, 2.75) is 159 Å². The fraction of sp³-hybridized carbons (Fsp3) is 0.519. The lowest BCUT2D eigenvalue weighted by molar-refractivity contribution is -0.161. The first-order valence-corrected chi connectivity index (χ1v) is 28.7. The number of carbonyl (C=O) groups excluding carboxylic acids is 2. The van der Waals surface area contributed by atoms with Crippen LogP contribution in [0.4, 0.5) is 5.82 Å². The Morgan fingerprint density at radius 1 is 0.684 bits per heavy atom. The predicted octanol–water partition coefficient (Wildman–Crippen LogP) is 8.72. The molecule has 8 N–H and O–H groups in total. The maximum atomic E-state index is 12.9. The Balaban J connectivity index is 1.90. The van der Waals surface area contributed by atoms with Crippen molar-refractivity contribution in [3.8, 4) is 0 Å². The molecule has 0 saturated carbocycles. The van der Waals surface area contributed by atoms with Crippen LogP contribution in [-0.2, 0) is 46.3 Å². The first kappa shape index (κ1) is 67.2. The number of aromatic nitrogens is 2. The van der Waals surface area contributed by atoms with Crippen LogP contribution >= 0.6 is 15.6 Å². The molecule has 2 unspecified atom stereocenters. The zero-order valence-electron chi connectivity index (χ0n) is 43.7. The molecule has 20 nitrogen and oxygen atoms in total. The molecule has 1 aromatic heterocycles. The van der Waals surface area contributed by atoms with Crippen LogP contribution in [0.2, 0.25) is 0 Å². The molecule has 22 heteroatoms. The van der Waals surface area contributed by atoms with Crippen molar-refractivity contribution in [2.24, 2.45) is 0 Å². The summed E-state index contributed by atoms with van der Waals surface area (Å²) in [7, 11) is -11.0. The third-order valence-electron chi connectivity index (χ3n) is 10.8. The van der Waals surface area contributed by atoms with E-state index in [0.717, 1.165) is 62.1 Å². The van der Waals surface area contributed by atoms with E-state index in [9.17, 15) is 53.7 Å². The van der Waals surface area contributed by atoms with Crippen LogP contribution in [0, 0.1) is 0 Å². The third-order valence-corrected chi connectivity index (χ3v) is 13.4. The van der Waals surface area contributed by atoms with E-state index in [0.29, 0.717) is 19.3 Å². The molecule has 2 rings (SSSR count). The number of phosphoric acid groups is 2. The Morgan fingerprint density at radius 3 is 1.68 bits per heavy atom. The van der Waals surface area contributed by atoms with Crippen LogP contribution in [0.5, 0.6) is 0 Å². The summed E-state index contributed by atoms with van der Waals surface area (Å²) in [6, 6.07) is 1.22. The van der Waals surface area contributed by atoms with Crippen LogP contribution in [0.1, 0.15) is 123 Å². The molecule has 0 aliphatic carbocycles. The zero-order valence-corrected chi connectivity index (χ0v) is 45.5. The molecule has 76 heavy (non-hydrogen) atoms. The average molecular weight is 1110 g/mol. The van der Waals surface area contributed by atoms with E-state index in [2.05, 4.69) is 96.1 Å². The van der Waals surface area contributed by atoms with E-state index in [4.69, 9.17) is 29.0 Å². The molecular formula is C54H81N3O17P2. The summed E-state index contributed by atoms with van der Waals surface area (Å²) in [5.74, 6) is -1.72. The summed E-state index contributed by atoms with van der Waals surface area (Å²) >= 11 is 0. The SMILES string of the molecule is CC/C=C\C/C=C\C/C=C\C/C=C\C/C=C\C/C=C\CCC(=O)OC[C@H](COP(=O)(O)OP(=O)(O)OC[C@H]1O[C@@H](n2ccc(N)nc2=O)[C@H](O)[C@@H]1O)OC(=O)CCC[C@@H](O)[C@H](O)C/C=C\C/C=C\C/C=C\C/C=C\CC. The van der Waals surface area contributed by atoms with Crippen molar-refractivity contribution in [3.05, 3.63) is 144 Å². The van der Waals surface area contributed by atoms with Gasteiger partial charge in [0.1, 0.15) is 30.7 Å². The second-order valence-electron chi connectivity index (χ2n) is 17.2. The van der Waals surface area contributed by atoms with Crippen molar-refractivity contribution >= 4 is 33.4 Å². The smallest absolute Gasteiger partial charge is 0.462 e. The molecule has 2 heterocycles. The molecule has 1 saturated heterocycles. The Kier molecular flexibility index (Phi) is 35.6. The summed E-state index contributed by atoms with van der Waals surface area (Å²) in [5, 5.41) is 41.9. The van der Waals surface area contributed by atoms with Crippen molar-refractivity contribution < 1.29 is 76.5 Å². The van der Waals surface area contributed by atoms with Gasteiger partial charge in [0.15, 0.2) is 12.3 Å². The first-order chi connectivity index (χ1) is 36.5. The largest absolute Gasteiger partial charge is 0.481 e. The van der Waals surface area contributed by atoms with E-state index < -0.39 is 95.9 Å². The number of allylic oxidation sites excluding steroid dienone is 19. The molecule has 1 aliphatic rings. The van der Waals surface area contributed by atoms with Gasteiger partial charge in [-0.05, 0) is 96.0 Å². The predicted molar refractivity (Wildman–Crippen MR) is 291 cm³/mol. The topological polar surface area (TPSA) is 306 Å². The number of rotatable bonds is 40. The highest BCUT2D eigenvalue weighted by molar-refractivity contribution is 7.61. The van der Waals surface area contributed by atoms with Gasteiger partial charge in [-0.2, -0.15) is 9.29 Å². The number of nitrogens with two attached hydrogens (primary N) is 1. The number of nitrogens with zero attached hydrogens (tertiary/aromatic N) is 2. The van der Waals surface area contributed by atoms with Gasteiger partial charge in [-0.3, -0.25) is 23.2 Å². The van der Waals surface area contributed by atoms with Gasteiger partial charge in [0.25, 0.3) is 0 Å². The quantitative estimate of drug-likeness (QED) is 0.0183. The number of esters is 2. The van der Waals surface area contributed by atoms with Crippen molar-refractivity contribution in [2.75, 3.05) is 25.6 Å². The summed E-state index contributed by atoms with van der Waals surface area (Å²) in [6.45, 7) is 1.55. The highest BCUT2D eigenvalue weighted by atomic mass is 31.3. The molecule has 9 atom stereocenters. The molecule has 0 radical (unpaired) electrons. The molecular weight excluding hydrogens is 1020 g/mol. The second kappa shape index (κ2) is 40.3. The summed E-state index contributed by atoms with van der Waals surface area (Å²) in [5.41, 5.74) is 4.55. The van der Waals surface area contributed by atoms with E-state index in [-0.39, 0.29) is 37.9 Å². The summed E-state index contributed by atoms with van der Waals surface area (Å²) < 4.78 is 56.5. The van der Waals surface area contributed by atoms with Gasteiger partial charge in [-0.15, -0.1) is 0 Å². The van der Waals surface area contributed by atoms with Gasteiger partial charge in [-0.1, -0.05) is 135 Å². The average Bonchev–Trinajstić information content (AvgIpc) is 3.65. The normalized spacial score (nSPS) is 20.5. The molecule has 1 aliphatic heterocycles. The van der Waals surface area contributed by atoms with Crippen LogP contribution < -0.4 is 11.4 Å². The van der Waals surface area contributed by atoms with Gasteiger partial charge < -0.3 is 50.2 Å². The van der Waals surface area contributed by atoms with Crippen molar-refractivity contribution in [1.82, 2.24) is 9.55 Å². The maximum Gasteiger partial charge on any atom is 0.481 e. The number of hydrogen-bond donors (Lipinski definition) is 7. The minimum atomic E-state index is -5.53. The monoisotopic (exact) mass is 1110 g/mol. The van der Waals surface area contributed by atoms with Gasteiger partial charge in [0.05, 0.1) is 25.4 Å². The number of phosphoric ester groups is 2. The lowest BCUT2D eigenvalue weighted by Gasteiger charge is -2.22.